The molecule has 1 heterocycles. The number of hydrogen-bond acceptors (Lipinski definition) is 4. The molecule has 0 atom stereocenters. The normalized spacial score (nSPS) is 11.6. The molecule has 0 bridgehead atoms. The first kappa shape index (κ1) is 22.9. The molecule has 5 nitrogen and oxygen atoms in total. The standard InChI is InChI=1S/C21H21Cl3N4OS/c1-21(2,3)13-7-5-12(6-8-13)19-26-27-20(28(19)4)30-11-18(29)25-17-10-15(23)14(22)9-16(17)24/h5-10H,11H2,1-4H3,(H,25,29). The number of amides is 1. The maximum atomic E-state index is 12.3. The van der Waals surface area contributed by atoms with Crippen LogP contribution in [-0.4, -0.2) is 26.4 Å². The second-order valence-corrected chi connectivity index (χ2v) is 9.94. The summed E-state index contributed by atoms with van der Waals surface area (Å²) in [6.07, 6.45) is 0. The number of benzene rings is 2. The number of aromatic nitrogens is 3. The van der Waals surface area contributed by atoms with Gasteiger partial charge < -0.3 is 9.88 Å². The van der Waals surface area contributed by atoms with Crippen LogP contribution < -0.4 is 5.32 Å². The number of halogens is 3. The predicted octanol–water partition coefficient (Wildman–Crippen LogP) is 6.47. The molecule has 9 heteroatoms. The fourth-order valence-corrected chi connectivity index (χ4v) is 4.05. The number of rotatable bonds is 5. The van der Waals surface area contributed by atoms with Crippen molar-refractivity contribution in [3.05, 3.63) is 57.0 Å². The Morgan fingerprint density at radius 2 is 1.67 bits per heavy atom. The lowest BCUT2D eigenvalue weighted by Crippen LogP contribution is -2.14. The lowest BCUT2D eigenvalue weighted by molar-refractivity contribution is -0.113. The predicted molar refractivity (Wildman–Crippen MR) is 126 cm³/mol. The molecule has 0 radical (unpaired) electrons. The summed E-state index contributed by atoms with van der Waals surface area (Å²) in [5.74, 6) is 0.649. The summed E-state index contributed by atoms with van der Waals surface area (Å²) < 4.78 is 1.87. The van der Waals surface area contributed by atoms with Gasteiger partial charge in [-0.2, -0.15) is 0 Å². The van der Waals surface area contributed by atoms with Crippen LogP contribution in [0.25, 0.3) is 11.4 Å². The van der Waals surface area contributed by atoms with E-state index in [-0.39, 0.29) is 17.1 Å². The summed E-state index contributed by atoms with van der Waals surface area (Å²) in [4.78, 5) is 12.3. The topological polar surface area (TPSA) is 59.8 Å². The average Bonchev–Trinajstić information content (AvgIpc) is 3.04. The van der Waals surface area contributed by atoms with Crippen molar-refractivity contribution < 1.29 is 4.79 Å². The van der Waals surface area contributed by atoms with Crippen LogP contribution in [0.1, 0.15) is 26.3 Å². The molecule has 0 spiro atoms. The molecule has 1 aromatic heterocycles. The van der Waals surface area contributed by atoms with Crippen LogP contribution in [0.15, 0.2) is 41.6 Å². The van der Waals surface area contributed by atoms with Gasteiger partial charge in [-0.1, -0.05) is 91.6 Å². The van der Waals surface area contributed by atoms with Crippen molar-refractivity contribution >= 4 is 58.2 Å². The highest BCUT2D eigenvalue weighted by Gasteiger charge is 2.16. The zero-order valence-electron chi connectivity index (χ0n) is 17.0. The van der Waals surface area contributed by atoms with Crippen molar-refractivity contribution in [1.29, 1.82) is 0 Å². The van der Waals surface area contributed by atoms with Gasteiger partial charge in [-0.15, -0.1) is 10.2 Å². The van der Waals surface area contributed by atoms with Crippen LogP contribution in [0.4, 0.5) is 5.69 Å². The third-order valence-electron chi connectivity index (χ3n) is 4.46. The van der Waals surface area contributed by atoms with E-state index in [0.717, 1.165) is 11.4 Å². The van der Waals surface area contributed by atoms with Crippen LogP contribution in [-0.2, 0) is 17.3 Å². The first-order chi connectivity index (χ1) is 14.1. The summed E-state index contributed by atoms with van der Waals surface area (Å²) in [5, 5.41) is 12.8. The SMILES string of the molecule is Cn1c(SCC(=O)Nc2cc(Cl)c(Cl)cc2Cl)nnc1-c1ccc(C(C)(C)C)cc1. The molecule has 0 saturated carbocycles. The second-order valence-electron chi connectivity index (χ2n) is 7.78. The van der Waals surface area contributed by atoms with E-state index in [2.05, 4.69) is 48.4 Å². The lowest BCUT2D eigenvalue weighted by Gasteiger charge is -2.19. The molecule has 3 rings (SSSR count). The van der Waals surface area contributed by atoms with E-state index in [1.807, 2.05) is 23.7 Å². The van der Waals surface area contributed by atoms with Crippen LogP contribution in [0.2, 0.25) is 15.1 Å². The molecule has 0 saturated heterocycles. The molecule has 0 aliphatic rings. The van der Waals surface area contributed by atoms with Gasteiger partial charge in [0.05, 0.1) is 26.5 Å². The van der Waals surface area contributed by atoms with Crippen LogP contribution in [0.5, 0.6) is 0 Å². The molecule has 3 aromatic rings. The molecular formula is C21H21Cl3N4OS. The van der Waals surface area contributed by atoms with Gasteiger partial charge in [0.1, 0.15) is 0 Å². The van der Waals surface area contributed by atoms with E-state index in [1.165, 1.54) is 29.5 Å². The Bertz CT molecular complexity index is 1080. The number of carbonyl (C=O) groups excluding carboxylic acids is 1. The molecule has 2 aromatic carbocycles. The third kappa shape index (κ3) is 5.30. The summed E-state index contributed by atoms with van der Waals surface area (Å²) in [5.41, 5.74) is 2.72. The summed E-state index contributed by atoms with van der Waals surface area (Å²) in [6, 6.07) is 11.3. The molecule has 0 aliphatic carbocycles. The van der Waals surface area contributed by atoms with Crippen molar-refractivity contribution in [3.8, 4) is 11.4 Å². The summed E-state index contributed by atoms with van der Waals surface area (Å²) in [6.45, 7) is 6.53. The van der Waals surface area contributed by atoms with E-state index >= 15 is 0 Å². The number of carbonyl (C=O) groups is 1. The van der Waals surface area contributed by atoms with Crippen molar-refractivity contribution in [1.82, 2.24) is 14.8 Å². The fraction of sp³-hybridized carbons (Fsp3) is 0.286. The summed E-state index contributed by atoms with van der Waals surface area (Å²) >= 11 is 19.3. The first-order valence-corrected chi connectivity index (χ1v) is 11.3. The van der Waals surface area contributed by atoms with Crippen LogP contribution in [0.3, 0.4) is 0 Å². The van der Waals surface area contributed by atoms with Gasteiger partial charge in [0.25, 0.3) is 0 Å². The highest BCUT2D eigenvalue weighted by molar-refractivity contribution is 7.99. The van der Waals surface area contributed by atoms with Crippen molar-refractivity contribution in [2.45, 2.75) is 31.3 Å². The molecular weight excluding hydrogens is 463 g/mol. The molecule has 0 unspecified atom stereocenters. The Kier molecular flexibility index (Phi) is 7.02. The number of nitrogens with zero attached hydrogens (tertiary/aromatic N) is 3. The van der Waals surface area contributed by atoms with Crippen molar-refractivity contribution in [3.63, 3.8) is 0 Å². The summed E-state index contributed by atoms with van der Waals surface area (Å²) in [7, 11) is 1.88. The maximum absolute atomic E-state index is 12.3. The Labute approximate surface area is 195 Å². The van der Waals surface area contributed by atoms with Gasteiger partial charge in [0, 0.05) is 12.6 Å². The highest BCUT2D eigenvalue weighted by Crippen LogP contribution is 2.32. The molecule has 0 fully saturated rings. The van der Waals surface area contributed by atoms with Crippen molar-refractivity contribution in [2.75, 3.05) is 11.1 Å². The van der Waals surface area contributed by atoms with E-state index < -0.39 is 0 Å². The molecule has 1 N–H and O–H groups in total. The Morgan fingerprint density at radius 1 is 1.03 bits per heavy atom. The largest absolute Gasteiger partial charge is 0.324 e. The zero-order valence-corrected chi connectivity index (χ0v) is 20.0. The maximum Gasteiger partial charge on any atom is 0.234 e. The van der Waals surface area contributed by atoms with Gasteiger partial charge >= 0.3 is 0 Å². The smallest absolute Gasteiger partial charge is 0.234 e. The number of nitrogens with one attached hydrogen (secondary N) is 1. The Hall–Kier alpha value is -1.73. The third-order valence-corrected chi connectivity index (χ3v) is 6.52. The average molecular weight is 484 g/mol. The lowest BCUT2D eigenvalue weighted by atomic mass is 9.87. The van der Waals surface area contributed by atoms with E-state index in [1.54, 1.807) is 0 Å². The van der Waals surface area contributed by atoms with Crippen molar-refractivity contribution in [2.24, 2.45) is 7.05 Å². The number of thioether (sulfide) groups is 1. The van der Waals surface area contributed by atoms with E-state index in [4.69, 9.17) is 34.8 Å². The van der Waals surface area contributed by atoms with Gasteiger partial charge in [0.2, 0.25) is 5.91 Å². The Morgan fingerprint density at radius 3 is 2.30 bits per heavy atom. The minimum atomic E-state index is -0.237. The van der Waals surface area contributed by atoms with Crippen LogP contribution in [0, 0.1) is 0 Å². The van der Waals surface area contributed by atoms with Gasteiger partial charge in [-0.3, -0.25) is 4.79 Å². The van der Waals surface area contributed by atoms with E-state index in [0.29, 0.717) is 25.9 Å². The molecule has 30 heavy (non-hydrogen) atoms. The quantitative estimate of drug-likeness (QED) is 0.334. The van der Waals surface area contributed by atoms with Gasteiger partial charge in [-0.05, 0) is 23.1 Å². The zero-order chi connectivity index (χ0) is 22.1. The first-order valence-electron chi connectivity index (χ1n) is 9.14. The molecule has 1 amide bonds. The van der Waals surface area contributed by atoms with Gasteiger partial charge in [-0.25, -0.2) is 0 Å². The highest BCUT2D eigenvalue weighted by atomic mass is 35.5. The monoisotopic (exact) mass is 482 g/mol. The number of hydrogen-bond donors (Lipinski definition) is 1. The second kappa shape index (κ2) is 9.18. The van der Waals surface area contributed by atoms with E-state index in [9.17, 15) is 4.79 Å². The minimum Gasteiger partial charge on any atom is -0.324 e. The molecule has 158 valence electrons. The fourth-order valence-electron chi connectivity index (χ4n) is 2.75. The van der Waals surface area contributed by atoms with Crippen LogP contribution >= 0.6 is 46.6 Å². The Balaban J connectivity index is 1.67. The number of anilines is 1. The minimum absolute atomic E-state index is 0.0873. The van der Waals surface area contributed by atoms with Gasteiger partial charge in [0.15, 0.2) is 11.0 Å². The molecule has 0 aliphatic heterocycles.